The molecular weight excluding hydrogens is 136 g/mol. The van der Waals surface area contributed by atoms with E-state index in [0.717, 1.165) is 18.7 Å². The number of nitrogens with zero attached hydrogens (tertiary/aromatic N) is 1. The molecule has 1 aliphatic heterocycles. The molecule has 11 heavy (non-hydrogen) atoms. The SMILES string of the molecule is C1=C(c2ccccn2)NCC1. The summed E-state index contributed by atoms with van der Waals surface area (Å²) in [5.41, 5.74) is 2.22. The molecule has 2 rings (SSSR count). The third-order valence-corrected chi connectivity index (χ3v) is 1.75. The Morgan fingerprint density at radius 1 is 1.36 bits per heavy atom. The van der Waals surface area contributed by atoms with Gasteiger partial charge in [0.25, 0.3) is 0 Å². The van der Waals surface area contributed by atoms with Crippen LogP contribution >= 0.6 is 0 Å². The van der Waals surface area contributed by atoms with Gasteiger partial charge in [-0.1, -0.05) is 12.1 Å². The number of aromatic nitrogens is 1. The molecule has 0 atom stereocenters. The summed E-state index contributed by atoms with van der Waals surface area (Å²) in [5.74, 6) is 0. The van der Waals surface area contributed by atoms with Crippen molar-refractivity contribution in [1.29, 1.82) is 0 Å². The fourth-order valence-corrected chi connectivity index (χ4v) is 1.21. The summed E-state index contributed by atoms with van der Waals surface area (Å²) in [6.07, 6.45) is 5.12. The molecule has 0 radical (unpaired) electrons. The van der Waals surface area contributed by atoms with Gasteiger partial charge in [-0.25, -0.2) is 0 Å². The topological polar surface area (TPSA) is 24.9 Å². The lowest BCUT2D eigenvalue weighted by molar-refractivity contribution is 0.923. The van der Waals surface area contributed by atoms with Crippen LogP contribution in [-0.2, 0) is 0 Å². The number of pyridine rings is 1. The Bertz CT molecular complexity index is 264. The molecule has 0 amide bonds. The molecule has 1 aliphatic rings. The van der Waals surface area contributed by atoms with Gasteiger partial charge < -0.3 is 5.32 Å². The lowest BCUT2D eigenvalue weighted by Crippen LogP contribution is -2.06. The summed E-state index contributed by atoms with van der Waals surface area (Å²) in [5, 5.41) is 3.27. The second-order valence-electron chi connectivity index (χ2n) is 2.55. The summed E-state index contributed by atoms with van der Waals surface area (Å²) in [7, 11) is 0. The molecule has 0 saturated carbocycles. The number of rotatable bonds is 1. The van der Waals surface area contributed by atoms with E-state index in [9.17, 15) is 0 Å². The van der Waals surface area contributed by atoms with Gasteiger partial charge in [0, 0.05) is 12.7 Å². The molecule has 0 spiro atoms. The van der Waals surface area contributed by atoms with E-state index in [-0.39, 0.29) is 0 Å². The van der Waals surface area contributed by atoms with E-state index >= 15 is 0 Å². The van der Waals surface area contributed by atoms with Crippen LogP contribution in [0.15, 0.2) is 30.5 Å². The highest BCUT2D eigenvalue weighted by molar-refractivity contribution is 5.62. The molecule has 0 bridgehead atoms. The number of nitrogens with one attached hydrogen (secondary N) is 1. The third-order valence-electron chi connectivity index (χ3n) is 1.75. The zero-order valence-electron chi connectivity index (χ0n) is 6.25. The second kappa shape index (κ2) is 2.74. The first-order chi connectivity index (χ1) is 5.47. The maximum Gasteiger partial charge on any atom is 0.0857 e. The van der Waals surface area contributed by atoms with Gasteiger partial charge in [-0.05, 0) is 18.6 Å². The van der Waals surface area contributed by atoms with Gasteiger partial charge in [0.15, 0.2) is 0 Å². The van der Waals surface area contributed by atoms with Gasteiger partial charge in [-0.2, -0.15) is 0 Å². The molecular formula is C9H10N2. The standard InChI is InChI=1S/C9H10N2/c1-2-6-10-8(4-1)9-5-3-7-11-9/h1-2,4-6,11H,3,7H2. The normalized spacial score (nSPS) is 15.8. The zero-order valence-corrected chi connectivity index (χ0v) is 6.25. The van der Waals surface area contributed by atoms with Crippen LogP contribution in [-0.4, -0.2) is 11.5 Å². The molecule has 2 heterocycles. The fraction of sp³-hybridized carbons (Fsp3) is 0.222. The Hall–Kier alpha value is -1.31. The summed E-state index contributed by atoms with van der Waals surface area (Å²) in [4.78, 5) is 4.23. The van der Waals surface area contributed by atoms with E-state index in [4.69, 9.17) is 0 Å². The zero-order chi connectivity index (χ0) is 7.52. The molecule has 1 N–H and O–H groups in total. The maximum absolute atomic E-state index is 4.23. The van der Waals surface area contributed by atoms with Crippen molar-refractivity contribution in [2.24, 2.45) is 0 Å². The highest BCUT2D eigenvalue weighted by atomic mass is 14.9. The lowest BCUT2D eigenvalue weighted by Gasteiger charge is -2.00. The van der Waals surface area contributed by atoms with Crippen LogP contribution < -0.4 is 5.32 Å². The van der Waals surface area contributed by atoms with Gasteiger partial charge in [-0.3, -0.25) is 4.98 Å². The summed E-state index contributed by atoms with van der Waals surface area (Å²) in [6.45, 7) is 1.05. The predicted octanol–water partition coefficient (Wildman–Crippen LogP) is 1.42. The highest BCUT2D eigenvalue weighted by Crippen LogP contribution is 2.12. The van der Waals surface area contributed by atoms with Crippen LogP contribution in [0.25, 0.3) is 5.70 Å². The van der Waals surface area contributed by atoms with Crippen molar-refractivity contribution in [2.75, 3.05) is 6.54 Å². The van der Waals surface area contributed by atoms with Crippen LogP contribution in [0.1, 0.15) is 12.1 Å². The Labute approximate surface area is 66.0 Å². The van der Waals surface area contributed by atoms with Crippen LogP contribution in [0.5, 0.6) is 0 Å². The molecule has 1 aromatic heterocycles. The molecule has 0 aromatic carbocycles. The van der Waals surface area contributed by atoms with E-state index in [1.165, 1.54) is 5.70 Å². The summed E-state index contributed by atoms with van der Waals surface area (Å²) >= 11 is 0. The van der Waals surface area contributed by atoms with E-state index in [1.54, 1.807) is 0 Å². The number of hydrogen-bond donors (Lipinski definition) is 1. The molecule has 0 aliphatic carbocycles. The minimum Gasteiger partial charge on any atom is -0.383 e. The van der Waals surface area contributed by atoms with Crippen LogP contribution in [0.4, 0.5) is 0 Å². The highest BCUT2D eigenvalue weighted by Gasteiger charge is 2.04. The fourth-order valence-electron chi connectivity index (χ4n) is 1.21. The van der Waals surface area contributed by atoms with Crippen molar-refractivity contribution >= 4 is 5.70 Å². The van der Waals surface area contributed by atoms with Gasteiger partial charge in [-0.15, -0.1) is 0 Å². The number of hydrogen-bond acceptors (Lipinski definition) is 2. The second-order valence-corrected chi connectivity index (χ2v) is 2.55. The Morgan fingerprint density at radius 3 is 3.00 bits per heavy atom. The van der Waals surface area contributed by atoms with Crippen molar-refractivity contribution in [1.82, 2.24) is 10.3 Å². The monoisotopic (exact) mass is 146 g/mol. The lowest BCUT2D eigenvalue weighted by atomic mass is 10.3. The van der Waals surface area contributed by atoms with E-state index in [1.807, 2.05) is 24.4 Å². The Kier molecular flexibility index (Phi) is 1.60. The molecule has 2 nitrogen and oxygen atoms in total. The van der Waals surface area contributed by atoms with E-state index < -0.39 is 0 Å². The molecule has 0 unspecified atom stereocenters. The van der Waals surface area contributed by atoms with E-state index in [2.05, 4.69) is 16.4 Å². The van der Waals surface area contributed by atoms with Crippen LogP contribution in [0.2, 0.25) is 0 Å². The molecule has 56 valence electrons. The first kappa shape index (κ1) is 6.40. The van der Waals surface area contributed by atoms with Crippen molar-refractivity contribution in [3.63, 3.8) is 0 Å². The molecule has 0 saturated heterocycles. The first-order valence-corrected chi connectivity index (χ1v) is 3.82. The largest absolute Gasteiger partial charge is 0.383 e. The minimum atomic E-state index is 1.05. The van der Waals surface area contributed by atoms with Gasteiger partial charge in [0.2, 0.25) is 0 Å². The van der Waals surface area contributed by atoms with Gasteiger partial charge in [0.1, 0.15) is 0 Å². The summed E-state index contributed by atoms with van der Waals surface area (Å²) in [6, 6.07) is 5.95. The molecule has 2 heteroatoms. The van der Waals surface area contributed by atoms with Crippen LogP contribution in [0.3, 0.4) is 0 Å². The quantitative estimate of drug-likeness (QED) is 0.648. The van der Waals surface area contributed by atoms with Crippen molar-refractivity contribution < 1.29 is 0 Å². The Balaban J connectivity index is 2.29. The van der Waals surface area contributed by atoms with Gasteiger partial charge >= 0.3 is 0 Å². The maximum atomic E-state index is 4.23. The first-order valence-electron chi connectivity index (χ1n) is 3.82. The van der Waals surface area contributed by atoms with Crippen molar-refractivity contribution in [2.45, 2.75) is 6.42 Å². The van der Waals surface area contributed by atoms with Gasteiger partial charge in [0.05, 0.1) is 11.4 Å². The minimum absolute atomic E-state index is 1.05. The average molecular weight is 146 g/mol. The molecule has 0 fully saturated rings. The van der Waals surface area contributed by atoms with Crippen molar-refractivity contribution in [3.05, 3.63) is 36.2 Å². The Morgan fingerprint density at radius 2 is 2.36 bits per heavy atom. The predicted molar refractivity (Wildman–Crippen MR) is 44.8 cm³/mol. The molecule has 1 aromatic rings. The van der Waals surface area contributed by atoms with Crippen LogP contribution in [0, 0.1) is 0 Å². The smallest absolute Gasteiger partial charge is 0.0857 e. The van der Waals surface area contributed by atoms with Crippen molar-refractivity contribution in [3.8, 4) is 0 Å². The average Bonchev–Trinajstić information content (AvgIpc) is 2.58. The summed E-state index contributed by atoms with van der Waals surface area (Å²) < 4.78 is 0. The van der Waals surface area contributed by atoms with E-state index in [0.29, 0.717) is 0 Å². The third kappa shape index (κ3) is 1.24.